The van der Waals surface area contributed by atoms with E-state index in [4.69, 9.17) is 4.74 Å². The van der Waals surface area contributed by atoms with Gasteiger partial charge in [-0.1, -0.05) is 37.8 Å². The minimum absolute atomic E-state index is 0.0578. The molecule has 1 aromatic rings. The van der Waals surface area contributed by atoms with Gasteiger partial charge in [0.15, 0.2) is 0 Å². The molecule has 1 heterocycles. The maximum atomic E-state index is 12.7. The van der Waals surface area contributed by atoms with E-state index in [0.717, 1.165) is 50.5 Å². The zero-order chi connectivity index (χ0) is 19.1. The number of rotatable bonds is 6. The third kappa shape index (κ3) is 5.38. The van der Waals surface area contributed by atoms with Gasteiger partial charge in [0.25, 0.3) is 0 Å². The summed E-state index contributed by atoms with van der Waals surface area (Å²) < 4.78 is 5.78. The number of carbonyl (C=O) groups is 1. The van der Waals surface area contributed by atoms with Crippen molar-refractivity contribution in [1.82, 2.24) is 10.2 Å². The minimum atomic E-state index is -0.0578. The lowest BCUT2D eigenvalue weighted by molar-refractivity contribution is -0.126. The van der Waals surface area contributed by atoms with Crippen LogP contribution in [0.2, 0.25) is 0 Å². The summed E-state index contributed by atoms with van der Waals surface area (Å²) in [6.07, 6.45) is 7.40. The van der Waals surface area contributed by atoms with Crippen molar-refractivity contribution in [3.05, 3.63) is 24.3 Å². The average Bonchev–Trinajstić information content (AvgIpc) is 2.97. The summed E-state index contributed by atoms with van der Waals surface area (Å²) in [7, 11) is 0. The molecule has 1 atom stereocenters. The molecule has 0 aromatic heterocycles. The molecule has 1 amide bonds. The normalized spacial score (nSPS) is 20.7. The Morgan fingerprint density at radius 3 is 2.44 bits per heavy atom. The van der Waals surface area contributed by atoms with Crippen LogP contribution in [-0.2, 0) is 4.79 Å². The molecule has 5 nitrogen and oxygen atoms in total. The van der Waals surface area contributed by atoms with Crippen molar-refractivity contribution < 1.29 is 9.53 Å². The third-order valence-corrected chi connectivity index (χ3v) is 5.95. The number of hydrogen-bond acceptors (Lipinski definition) is 4. The summed E-state index contributed by atoms with van der Waals surface area (Å²) >= 11 is 0. The van der Waals surface area contributed by atoms with Crippen molar-refractivity contribution in [2.24, 2.45) is 0 Å². The van der Waals surface area contributed by atoms with E-state index < -0.39 is 0 Å². The molecule has 1 aliphatic carbocycles. The smallest absolute Gasteiger partial charge is 0.237 e. The first-order chi connectivity index (χ1) is 13.2. The highest BCUT2D eigenvalue weighted by molar-refractivity contribution is 5.81. The van der Waals surface area contributed by atoms with E-state index in [-0.39, 0.29) is 11.9 Å². The predicted molar refractivity (Wildman–Crippen MR) is 110 cm³/mol. The first-order valence-corrected chi connectivity index (χ1v) is 10.7. The molecule has 0 radical (unpaired) electrons. The van der Waals surface area contributed by atoms with Crippen LogP contribution in [0, 0.1) is 0 Å². The second-order valence-corrected chi connectivity index (χ2v) is 7.80. The van der Waals surface area contributed by atoms with E-state index in [2.05, 4.69) is 34.2 Å². The predicted octanol–water partition coefficient (Wildman–Crippen LogP) is 3.43. The van der Waals surface area contributed by atoms with Crippen molar-refractivity contribution in [2.45, 2.75) is 64.5 Å². The molecule has 1 N–H and O–H groups in total. The molecule has 1 saturated carbocycles. The maximum Gasteiger partial charge on any atom is 0.237 e. The molecule has 2 aliphatic rings. The van der Waals surface area contributed by atoms with E-state index in [1.807, 2.05) is 19.1 Å². The highest BCUT2D eigenvalue weighted by Crippen LogP contribution is 2.29. The molecule has 1 saturated heterocycles. The Morgan fingerprint density at radius 2 is 1.78 bits per heavy atom. The Kier molecular flexibility index (Phi) is 7.39. The van der Waals surface area contributed by atoms with Crippen LogP contribution in [0.15, 0.2) is 24.3 Å². The summed E-state index contributed by atoms with van der Waals surface area (Å²) in [5.41, 5.74) is 1.16. The highest BCUT2D eigenvalue weighted by atomic mass is 16.5. The van der Waals surface area contributed by atoms with Gasteiger partial charge in [-0.15, -0.1) is 0 Å². The van der Waals surface area contributed by atoms with E-state index in [9.17, 15) is 4.79 Å². The van der Waals surface area contributed by atoms with Gasteiger partial charge in [-0.2, -0.15) is 0 Å². The number of nitrogens with one attached hydrogen (secondary N) is 1. The van der Waals surface area contributed by atoms with E-state index in [1.165, 1.54) is 25.7 Å². The van der Waals surface area contributed by atoms with Crippen LogP contribution in [0.5, 0.6) is 5.75 Å². The SMILES string of the molecule is CCOc1ccccc1N1CCN([C@@H](C)C(=O)NC2CCCCCC2)CC1. The number of benzene rings is 1. The van der Waals surface area contributed by atoms with Crippen molar-refractivity contribution in [3.8, 4) is 5.75 Å². The summed E-state index contributed by atoms with van der Waals surface area (Å²) in [4.78, 5) is 17.4. The topological polar surface area (TPSA) is 44.8 Å². The molecule has 5 heteroatoms. The molecule has 3 rings (SSSR count). The lowest BCUT2D eigenvalue weighted by Gasteiger charge is -2.39. The number of para-hydroxylation sites is 2. The fourth-order valence-electron chi connectivity index (χ4n) is 4.26. The summed E-state index contributed by atoms with van der Waals surface area (Å²) in [5.74, 6) is 1.15. The minimum Gasteiger partial charge on any atom is -0.492 e. The first-order valence-electron chi connectivity index (χ1n) is 10.7. The van der Waals surface area contributed by atoms with Crippen molar-refractivity contribution in [3.63, 3.8) is 0 Å². The van der Waals surface area contributed by atoms with Gasteiger partial charge in [-0.3, -0.25) is 9.69 Å². The van der Waals surface area contributed by atoms with Gasteiger partial charge in [0.1, 0.15) is 5.75 Å². The van der Waals surface area contributed by atoms with Gasteiger partial charge in [-0.05, 0) is 38.8 Å². The largest absolute Gasteiger partial charge is 0.492 e. The second-order valence-electron chi connectivity index (χ2n) is 7.80. The van der Waals surface area contributed by atoms with E-state index in [1.54, 1.807) is 0 Å². The Hall–Kier alpha value is -1.75. The maximum absolute atomic E-state index is 12.7. The fourth-order valence-corrected chi connectivity index (χ4v) is 4.26. The number of carbonyl (C=O) groups excluding carboxylic acids is 1. The van der Waals surface area contributed by atoms with Crippen LogP contribution in [0.4, 0.5) is 5.69 Å². The zero-order valence-corrected chi connectivity index (χ0v) is 17.0. The number of nitrogens with zero attached hydrogens (tertiary/aromatic N) is 2. The summed E-state index contributed by atoms with van der Waals surface area (Å²) in [6.45, 7) is 8.39. The Bertz CT molecular complexity index is 591. The van der Waals surface area contributed by atoms with E-state index >= 15 is 0 Å². The second kappa shape index (κ2) is 9.98. The van der Waals surface area contributed by atoms with Gasteiger partial charge >= 0.3 is 0 Å². The Labute approximate surface area is 164 Å². The molecule has 2 fully saturated rings. The van der Waals surface area contributed by atoms with Crippen LogP contribution in [0.1, 0.15) is 52.4 Å². The van der Waals surface area contributed by atoms with Crippen molar-refractivity contribution in [1.29, 1.82) is 0 Å². The molecule has 0 unspecified atom stereocenters. The summed E-state index contributed by atoms with van der Waals surface area (Å²) in [5, 5.41) is 3.31. The average molecular weight is 374 g/mol. The fraction of sp³-hybridized carbons (Fsp3) is 0.682. The van der Waals surface area contributed by atoms with Crippen LogP contribution in [-0.4, -0.2) is 55.7 Å². The highest BCUT2D eigenvalue weighted by Gasteiger charge is 2.27. The molecular weight excluding hydrogens is 338 g/mol. The van der Waals surface area contributed by atoms with Gasteiger partial charge in [0.05, 0.1) is 18.3 Å². The quantitative estimate of drug-likeness (QED) is 0.776. The molecule has 0 spiro atoms. The van der Waals surface area contributed by atoms with Gasteiger partial charge in [0.2, 0.25) is 5.91 Å². The number of anilines is 1. The molecule has 27 heavy (non-hydrogen) atoms. The van der Waals surface area contributed by atoms with Crippen LogP contribution in [0.25, 0.3) is 0 Å². The number of hydrogen-bond donors (Lipinski definition) is 1. The third-order valence-electron chi connectivity index (χ3n) is 5.95. The molecule has 150 valence electrons. The monoisotopic (exact) mass is 373 g/mol. The van der Waals surface area contributed by atoms with Gasteiger partial charge < -0.3 is 15.0 Å². The van der Waals surface area contributed by atoms with Crippen molar-refractivity contribution >= 4 is 11.6 Å². The lowest BCUT2D eigenvalue weighted by Crippen LogP contribution is -2.55. The molecule has 0 bridgehead atoms. The van der Waals surface area contributed by atoms with Gasteiger partial charge in [0, 0.05) is 32.2 Å². The molecule has 1 aliphatic heterocycles. The van der Waals surface area contributed by atoms with Crippen LogP contribution < -0.4 is 15.0 Å². The van der Waals surface area contributed by atoms with Crippen LogP contribution in [0.3, 0.4) is 0 Å². The standard InChI is InChI=1S/C22H35N3O2/c1-3-27-21-13-9-8-12-20(21)25-16-14-24(15-17-25)18(2)22(26)23-19-10-6-4-5-7-11-19/h8-9,12-13,18-19H,3-7,10-11,14-17H2,1-2H3,(H,23,26)/t18-/m0/s1. The Balaban J connectivity index is 1.51. The first kappa shape index (κ1) is 20.0. The van der Waals surface area contributed by atoms with Crippen LogP contribution >= 0.6 is 0 Å². The zero-order valence-electron chi connectivity index (χ0n) is 17.0. The molecule has 1 aromatic carbocycles. The Morgan fingerprint density at radius 1 is 1.11 bits per heavy atom. The number of piperazine rings is 1. The number of ether oxygens (including phenoxy) is 1. The molecular formula is C22H35N3O2. The summed E-state index contributed by atoms with van der Waals surface area (Å²) in [6, 6.07) is 8.56. The van der Waals surface area contributed by atoms with E-state index in [0.29, 0.717) is 12.6 Å². The number of amides is 1. The lowest BCUT2D eigenvalue weighted by atomic mass is 10.1. The van der Waals surface area contributed by atoms with Crippen molar-refractivity contribution in [2.75, 3.05) is 37.7 Å². The van der Waals surface area contributed by atoms with Gasteiger partial charge in [-0.25, -0.2) is 0 Å².